The molecule has 0 saturated heterocycles. The Morgan fingerprint density at radius 2 is 1.78 bits per heavy atom. The molecular formula is C16H27NO. The number of aromatic hydroxyl groups is 1. The number of nitrogens with two attached hydrogens (primary N) is 1. The summed E-state index contributed by atoms with van der Waals surface area (Å²) in [5.41, 5.74) is 9.32. The van der Waals surface area contributed by atoms with Crippen LogP contribution in [0.5, 0.6) is 5.75 Å². The second kappa shape index (κ2) is 5.31. The molecule has 0 aliphatic carbocycles. The van der Waals surface area contributed by atoms with E-state index in [1.165, 1.54) is 5.56 Å². The van der Waals surface area contributed by atoms with E-state index in [0.717, 1.165) is 17.5 Å². The summed E-state index contributed by atoms with van der Waals surface area (Å²) in [5.74, 6) is 0.883. The molecular weight excluding hydrogens is 222 g/mol. The Morgan fingerprint density at radius 1 is 1.22 bits per heavy atom. The van der Waals surface area contributed by atoms with Gasteiger partial charge in [0.25, 0.3) is 0 Å². The minimum atomic E-state index is -0.0917. The van der Waals surface area contributed by atoms with Gasteiger partial charge in [0.1, 0.15) is 5.75 Å². The molecule has 3 N–H and O–H groups in total. The van der Waals surface area contributed by atoms with Crippen LogP contribution in [0.25, 0.3) is 0 Å². The van der Waals surface area contributed by atoms with Gasteiger partial charge in [-0.3, -0.25) is 0 Å². The van der Waals surface area contributed by atoms with Gasteiger partial charge in [0.2, 0.25) is 0 Å². The Labute approximate surface area is 111 Å². The lowest BCUT2D eigenvalue weighted by atomic mass is 9.83. The van der Waals surface area contributed by atoms with Crippen molar-refractivity contribution in [2.75, 3.05) is 0 Å². The Kier molecular flexibility index (Phi) is 4.44. The summed E-state index contributed by atoms with van der Waals surface area (Å²) in [5, 5.41) is 10.2. The van der Waals surface area contributed by atoms with E-state index in [2.05, 4.69) is 46.8 Å². The van der Waals surface area contributed by atoms with E-state index in [-0.39, 0.29) is 11.5 Å². The summed E-state index contributed by atoms with van der Waals surface area (Å²) in [6.45, 7) is 12.8. The van der Waals surface area contributed by atoms with E-state index < -0.39 is 0 Å². The van der Waals surface area contributed by atoms with Crippen molar-refractivity contribution in [3.8, 4) is 5.75 Å². The van der Waals surface area contributed by atoms with Gasteiger partial charge < -0.3 is 10.8 Å². The van der Waals surface area contributed by atoms with Crippen LogP contribution in [0.15, 0.2) is 12.1 Å². The smallest absolute Gasteiger partial charge is 0.123 e. The normalized spacial score (nSPS) is 14.0. The summed E-state index contributed by atoms with van der Waals surface area (Å²) in [7, 11) is 0. The SMILES string of the molecule is Cc1cc(C(C)(C)C)cc(C(N)CC(C)C)c1O. The van der Waals surface area contributed by atoms with Gasteiger partial charge in [-0.2, -0.15) is 0 Å². The van der Waals surface area contributed by atoms with Gasteiger partial charge in [-0.1, -0.05) is 40.7 Å². The molecule has 102 valence electrons. The number of aryl methyl sites for hydroxylation is 1. The van der Waals surface area contributed by atoms with Crippen LogP contribution in [0, 0.1) is 12.8 Å². The van der Waals surface area contributed by atoms with Gasteiger partial charge in [0.05, 0.1) is 0 Å². The zero-order valence-corrected chi connectivity index (χ0v) is 12.5. The fourth-order valence-electron chi connectivity index (χ4n) is 2.16. The summed E-state index contributed by atoms with van der Waals surface area (Å²) >= 11 is 0. The number of hydrogen-bond acceptors (Lipinski definition) is 2. The second-order valence-electron chi connectivity index (χ2n) is 6.72. The van der Waals surface area contributed by atoms with Crippen LogP contribution >= 0.6 is 0 Å². The first kappa shape index (κ1) is 15.0. The molecule has 0 fully saturated rings. The van der Waals surface area contributed by atoms with Crippen molar-refractivity contribution in [2.24, 2.45) is 11.7 Å². The van der Waals surface area contributed by atoms with Crippen LogP contribution in [0.1, 0.15) is 63.8 Å². The lowest BCUT2D eigenvalue weighted by Crippen LogP contribution is -2.17. The topological polar surface area (TPSA) is 46.2 Å². The lowest BCUT2D eigenvalue weighted by Gasteiger charge is -2.24. The predicted octanol–water partition coefficient (Wildman–Crippen LogP) is 4.04. The number of phenols is 1. The van der Waals surface area contributed by atoms with Crippen LogP contribution in [0.2, 0.25) is 0 Å². The fourth-order valence-corrected chi connectivity index (χ4v) is 2.16. The Bertz CT molecular complexity index is 416. The van der Waals surface area contributed by atoms with Crippen molar-refractivity contribution in [1.82, 2.24) is 0 Å². The third-order valence-corrected chi connectivity index (χ3v) is 3.32. The van der Waals surface area contributed by atoms with Gasteiger partial charge >= 0.3 is 0 Å². The van der Waals surface area contributed by atoms with Gasteiger partial charge in [-0.15, -0.1) is 0 Å². The summed E-state index contributed by atoms with van der Waals surface area (Å²) < 4.78 is 0. The highest BCUT2D eigenvalue weighted by Crippen LogP contribution is 2.34. The molecule has 0 heterocycles. The Morgan fingerprint density at radius 3 is 2.22 bits per heavy atom. The molecule has 2 nitrogen and oxygen atoms in total. The summed E-state index contributed by atoms with van der Waals surface area (Å²) in [6.07, 6.45) is 0.889. The molecule has 0 saturated carbocycles. The van der Waals surface area contributed by atoms with Crippen molar-refractivity contribution in [3.63, 3.8) is 0 Å². The maximum absolute atomic E-state index is 10.2. The van der Waals surface area contributed by atoms with E-state index in [4.69, 9.17) is 5.73 Å². The highest BCUT2D eigenvalue weighted by atomic mass is 16.3. The average molecular weight is 249 g/mol. The standard InChI is InChI=1S/C16H27NO/c1-10(2)7-14(17)13-9-12(16(4,5)6)8-11(3)15(13)18/h8-10,14,18H,7,17H2,1-6H3. The largest absolute Gasteiger partial charge is 0.507 e. The zero-order valence-electron chi connectivity index (χ0n) is 12.5. The van der Waals surface area contributed by atoms with Crippen molar-refractivity contribution in [3.05, 3.63) is 28.8 Å². The highest BCUT2D eigenvalue weighted by molar-refractivity contribution is 5.46. The van der Waals surface area contributed by atoms with Gasteiger partial charge in [0, 0.05) is 11.6 Å². The minimum absolute atomic E-state index is 0.0742. The molecule has 0 aliphatic heterocycles. The van der Waals surface area contributed by atoms with E-state index in [1.54, 1.807) is 0 Å². The molecule has 0 radical (unpaired) electrons. The van der Waals surface area contributed by atoms with E-state index >= 15 is 0 Å². The molecule has 0 aliphatic rings. The van der Waals surface area contributed by atoms with Crippen molar-refractivity contribution >= 4 is 0 Å². The second-order valence-corrected chi connectivity index (χ2v) is 6.72. The van der Waals surface area contributed by atoms with Crippen LogP contribution < -0.4 is 5.73 Å². The molecule has 0 bridgehead atoms. The van der Waals surface area contributed by atoms with Crippen molar-refractivity contribution < 1.29 is 5.11 Å². The minimum Gasteiger partial charge on any atom is -0.507 e. The van der Waals surface area contributed by atoms with Crippen molar-refractivity contribution in [1.29, 1.82) is 0 Å². The maximum Gasteiger partial charge on any atom is 0.123 e. The van der Waals surface area contributed by atoms with Crippen molar-refractivity contribution in [2.45, 2.75) is 59.4 Å². The molecule has 2 heteroatoms. The number of rotatable bonds is 3. The molecule has 0 aromatic heterocycles. The zero-order chi connectivity index (χ0) is 14.1. The number of phenolic OH excluding ortho intramolecular Hbond substituents is 1. The molecule has 1 rings (SSSR count). The monoisotopic (exact) mass is 249 g/mol. The average Bonchev–Trinajstić information content (AvgIpc) is 2.18. The number of benzene rings is 1. The van der Waals surface area contributed by atoms with Crippen LogP contribution in [0.3, 0.4) is 0 Å². The van der Waals surface area contributed by atoms with Gasteiger partial charge in [-0.25, -0.2) is 0 Å². The molecule has 1 aromatic carbocycles. The number of hydrogen-bond donors (Lipinski definition) is 2. The first-order valence-electron chi connectivity index (χ1n) is 6.72. The third-order valence-electron chi connectivity index (χ3n) is 3.32. The molecule has 0 spiro atoms. The molecule has 1 atom stereocenters. The van der Waals surface area contributed by atoms with Crippen LogP contribution in [0.4, 0.5) is 0 Å². The predicted molar refractivity (Wildman–Crippen MR) is 77.9 cm³/mol. The maximum atomic E-state index is 10.2. The fraction of sp³-hybridized carbons (Fsp3) is 0.625. The summed E-state index contributed by atoms with van der Waals surface area (Å²) in [4.78, 5) is 0. The summed E-state index contributed by atoms with van der Waals surface area (Å²) in [6, 6.07) is 4.03. The van der Waals surface area contributed by atoms with E-state index in [1.807, 2.05) is 6.92 Å². The highest BCUT2D eigenvalue weighted by Gasteiger charge is 2.20. The molecule has 18 heavy (non-hydrogen) atoms. The lowest BCUT2D eigenvalue weighted by molar-refractivity contribution is 0.440. The van der Waals surface area contributed by atoms with E-state index in [9.17, 15) is 5.11 Å². The Balaban J connectivity index is 3.22. The van der Waals surface area contributed by atoms with E-state index in [0.29, 0.717) is 11.7 Å². The first-order valence-corrected chi connectivity index (χ1v) is 6.72. The van der Waals surface area contributed by atoms with Crippen LogP contribution in [-0.4, -0.2) is 5.11 Å². The molecule has 1 unspecified atom stereocenters. The van der Waals surface area contributed by atoms with Crippen LogP contribution in [-0.2, 0) is 5.41 Å². The molecule has 0 amide bonds. The first-order chi connectivity index (χ1) is 8.12. The van der Waals surface area contributed by atoms with Gasteiger partial charge in [-0.05, 0) is 41.9 Å². The van der Waals surface area contributed by atoms with Gasteiger partial charge in [0.15, 0.2) is 0 Å². The third kappa shape index (κ3) is 3.49. The Hall–Kier alpha value is -1.02. The quantitative estimate of drug-likeness (QED) is 0.849. The molecule has 1 aromatic rings.